The maximum Gasteiger partial charge on any atom is 0.123 e. The molecule has 0 unspecified atom stereocenters. The van der Waals surface area contributed by atoms with Crippen molar-refractivity contribution in [3.05, 3.63) is 94.8 Å². The highest BCUT2D eigenvalue weighted by atomic mass is 19.1. The van der Waals surface area contributed by atoms with Gasteiger partial charge in [0.15, 0.2) is 0 Å². The molecule has 0 aliphatic heterocycles. The normalized spacial score (nSPS) is 11.6. The van der Waals surface area contributed by atoms with Crippen molar-refractivity contribution < 1.29 is 4.39 Å². The highest BCUT2D eigenvalue weighted by Gasteiger charge is 2.07. The Morgan fingerprint density at radius 1 is 1.15 bits per heavy atom. The van der Waals surface area contributed by atoms with Crippen LogP contribution < -0.4 is 0 Å². The minimum Gasteiger partial charge on any atom is -0.310 e. The van der Waals surface area contributed by atoms with Crippen LogP contribution in [0, 0.1) is 19.7 Å². The van der Waals surface area contributed by atoms with Gasteiger partial charge in [0.2, 0.25) is 0 Å². The van der Waals surface area contributed by atoms with E-state index in [0.717, 1.165) is 41.1 Å². The van der Waals surface area contributed by atoms with Crippen LogP contribution in [0.2, 0.25) is 0 Å². The molecule has 0 radical (unpaired) electrons. The summed E-state index contributed by atoms with van der Waals surface area (Å²) in [5.74, 6) is 0.750. The molecule has 1 aromatic heterocycles. The summed E-state index contributed by atoms with van der Waals surface area (Å²) in [6.07, 6.45) is 7.61. The Morgan fingerprint density at radius 2 is 1.96 bits per heavy atom. The largest absolute Gasteiger partial charge is 0.310 e. The van der Waals surface area contributed by atoms with Crippen molar-refractivity contribution in [1.82, 2.24) is 9.55 Å². The summed E-state index contributed by atoms with van der Waals surface area (Å²) >= 11 is 0. The predicted octanol–water partition coefficient (Wildman–Crippen LogP) is 6.09. The minimum atomic E-state index is -0.191. The molecular formula is C24H25FN2. The Labute approximate surface area is 160 Å². The van der Waals surface area contributed by atoms with E-state index in [1.807, 2.05) is 19.1 Å². The number of nitrogens with zero attached hydrogens (tertiary/aromatic N) is 2. The van der Waals surface area contributed by atoms with Crippen molar-refractivity contribution in [3.8, 4) is 0 Å². The third kappa shape index (κ3) is 4.62. The number of benzene rings is 2. The van der Waals surface area contributed by atoms with E-state index in [-0.39, 0.29) is 5.82 Å². The second-order valence-electron chi connectivity index (χ2n) is 6.92. The van der Waals surface area contributed by atoms with Crippen molar-refractivity contribution in [2.75, 3.05) is 0 Å². The molecule has 0 fully saturated rings. The lowest BCUT2D eigenvalue weighted by molar-refractivity contribution is 0.625. The van der Waals surface area contributed by atoms with Gasteiger partial charge in [-0.25, -0.2) is 9.37 Å². The predicted molar refractivity (Wildman–Crippen MR) is 112 cm³/mol. The van der Waals surface area contributed by atoms with E-state index in [1.54, 1.807) is 12.1 Å². The third-order valence-corrected chi connectivity index (χ3v) is 4.71. The molecular weight excluding hydrogens is 335 g/mol. The smallest absolute Gasteiger partial charge is 0.123 e. The maximum atomic E-state index is 13.3. The molecule has 3 rings (SSSR count). The monoisotopic (exact) mass is 360 g/mol. The zero-order valence-corrected chi connectivity index (χ0v) is 16.2. The molecule has 0 atom stereocenters. The highest BCUT2D eigenvalue weighted by Crippen LogP contribution is 2.23. The lowest BCUT2D eigenvalue weighted by Gasteiger charge is -2.08. The van der Waals surface area contributed by atoms with E-state index < -0.39 is 0 Å². The van der Waals surface area contributed by atoms with Crippen molar-refractivity contribution in [2.24, 2.45) is 0 Å². The average molecular weight is 360 g/mol. The number of aromatic nitrogens is 2. The number of aryl methyl sites for hydroxylation is 4. The van der Waals surface area contributed by atoms with E-state index in [1.165, 1.54) is 17.2 Å². The molecule has 2 aromatic carbocycles. The van der Waals surface area contributed by atoms with Crippen molar-refractivity contribution in [1.29, 1.82) is 0 Å². The standard InChI is InChI=1S/C24H25FN2/c1-5-21-13-17(2)9-12-24(21)18(3)15-27-16-23(26-19(27)4)11-10-20-7-6-8-22(25)14-20/h5-9,12-16H,1,10-11H2,2-4H3/b18-15+. The van der Waals surface area contributed by atoms with Gasteiger partial charge >= 0.3 is 0 Å². The summed E-state index contributed by atoms with van der Waals surface area (Å²) in [4.78, 5) is 4.66. The Bertz CT molecular complexity index is 995. The number of halogens is 1. The van der Waals surface area contributed by atoms with Gasteiger partial charge in [0.25, 0.3) is 0 Å². The van der Waals surface area contributed by atoms with Crippen molar-refractivity contribution >= 4 is 17.8 Å². The van der Waals surface area contributed by atoms with Gasteiger partial charge in [-0.05, 0) is 68.0 Å². The van der Waals surface area contributed by atoms with Crippen LogP contribution >= 0.6 is 0 Å². The summed E-state index contributed by atoms with van der Waals surface area (Å²) in [5.41, 5.74) is 6.68. The van der Waals surface area contributed by atoms with Crippen molar-refractivity contribution in [3.63, 3.8) is 0 Å². The van der Waals surface area contributed by atoms with E-state index >= 15 is 0 Å². The van der Waals surface area contributed by atoms with Gasteiger partial charge in [0.05, 0.1) is 5.69 Å². The van der Waals surface area contributed by atoms with Gasteiger partial charge in [0, 0.05) is 12.4 Å². The summed E-state index contributed by atoms with van der Waals surface area (Å²) in [7, 11) is 0. The molecule has 27 heavy (non-hydrogen) atoms. The molecule has 0 saturated carbocycles. The number of hydrogen-bond donors (Lipinski definition) is 0. The Hall–Kier alpha value is -2.94. The fourth-order valence-electron chi connectivity index (χ4n) is 3.25. The van der Waals surface area contributed by atoms with Gasteiger partial charge in [-0.15, -0.1) is 0 Å². The fraction of sp³-hybridized carbons (Fsp3) is 0.208. The number of hydrogen-bond acceptors (Lipinski definition) is 1. The molecule has 3 heteroatoms. The Kier molecular flexibility index (Phi) is 5.70. The molecule has 0 aliphatic carbocycles. The van der Waals surface area contributed by atoms with Gasteiger partial charge in [-0.2, -0.15) is 0 Å². The second-order valence-corrected chi connectivity index (χ2v) is 6.92. The molecule has 0 spiro atoms. The van der Waals surface area contributed by atoms with Crippen LogP contribution in [0.3, 0.4) is 0 Å². The molecule has 138 valence electrons. The van der Waals surface area contributed by atoms with E-state index in [0.29, 0.717) is 0 Å². The van der Waals surface area contributed by atoms with Crippen LogP contribution in [-0.4, -0.2) is 9.55 Å². The topological polar surface area (TPSA) is 17.8 Å². The van der Waals surface area contributed by atoms with Gasteiger partial charge in [0.1, 0.15) is 11.6 Å². The Balaban J connectivity index is 1.80. The summed E-state index contributed by atoms with van der Waals surface area (Å²) in [6, 6.07) is 13.1. The zero-order chi connectivity index (χ0) is 19.4. The van der Waals surface area contributed by atoms with Crippen LogP contribution in [0.5, 0.6) is 0 Å². The zero-order valence-electron chi connectivity index (χ0n) is 16.2. The average Bonchev–Trinajstić information content (AvgIpc) is 2.99. The van der Waals surface area contributed by atoms with Crippen molar-refractivity contribution in [2.45, 2.75) is 33.6 Å². The quantitative estimate of drug-likeness (QED) is 0.520. The molecule has 1 heterocycles. The first-order valence-electron chi connectivity index (χ1n) is 9.17. The molecule has 2 nitrogen and oxygen atoms in total. The molecule has 0 saturated heterocycles. The van der Waals surface area contributed by atoms with Crippen LogP contribution in [0.15, 0.2) is 55.2 Å². The Morgan fingerprint density at radius 3 is 2.70 bits per heavy atom. The summed E-state index contributed by atoms with van der Waals surface area (Å²) in [6.45, 7) is 10.1. The summed E-state index contributed by atoms with van der Waals surface area (Å²) < 4.78 is 15.4. The third-order valence-electron chi connectivity index (χ3n) is 4.71. The van der Waals surface area contributed by atoms with Crippen LogP contribution in [0.4, 0.5) is 4.39 Å². The molecule has 0 N–H and O–H groups in total. The molecule has 0 aliphatic rings. The van der Waals surface area contributed by atoms with Crippen LogP contribution in [-0.2, 0) is 12.8 Å². The molecule has 3 aromatic rings. The minimum absolute atomic E-state index is 0.191. The number of imidazole rings is 1. The SMILES string of the molecule is C=Cc1cc(C)ccc1/C(C)=C/n1cc(CCc2cccc(F)c2)nc1C. The van der Waals surface area contributed by atoms with Crippen LogP contribution in [0.1, 0.15) is 40.7 Å². The number of rotatable bonds is 6. The lowest BCUT2D eigenvalue weighted by Crippen LogP contribution is -1.92. The van der Waals surface area contributed by atoms with E-state index in [4.69, 9.17) is 0 Å². The number of allylic oxidation sites excluding steroid dienone is 1. The lowest BCUT2D eigenvalue weighted by atomic mass is 9.99. The van der Waals surface area contributed by atoms with Gasteiger partial charge in [-0.1, -0.05) is 48.6 Å². The van der Waals surface area contributed by atoms with Gasteiger partial charge < -0.3 is 4.57 Å². The van der Waals surface area contributed by atoms with E-state index in [9.17, 15) is 4.39 Å². The molecule has 0 amide bonds. The highest BCUT2D eigenvalue weighted by molar-refractivity contribution is 5.79. The second kappa shape index (κ2) is 8.17. The van der Waals surface area contributed by atoms with Crippen LogP contribution in [0.25, 0.3) is 17.8 Å². The molecule has 0 bridgehead atoms. The van der Waals surface area contributed by atoms with E-state index in [2.05, 4.69) is 60.6 Å². The summed E-state index contributed by atoms with van der Waals surface area (Å²) in [5, 5.41) is 0. The first-order valence-corrected chi connectivity index (χ1v) is 9.17. The first kappa shape index (κ1) is 18.8. The first-order chi connectivity index (χ1) is 13.0. The van der Waals surface area contributed by atoms with Gasteiger partial charge in [-0.3, -0.25) is 0 Å². The maximum absolute atomic E-state index is 13.3. The fourth-order valence-corrected chi connectivity index (χ4v) is 3.25.